The molecule has 5 rings (SSSR count). The third kappa shape index (κ3) is 5.77. The lowest BCUT2D eigenvalue weighted by molar-refractivity contribution is 0.0526. The second-order valence-electron chi connectivity index (χ2n) is 9.68. The number of sulfonamides is 1. The van der Waals surface area contributed by atoms with Gasteiger partial charge < -0.3 is 4.74 Å². The van der Waals surface area contributed by atoms with Gasteiger partial charge in [0, 0.05) is 12.5 Å². The number of aryl methyl sites for hydroxylation is 1. The predicted octanol–water partition coefficient (Wildman–Crippen LogP) is 7.08. The molecule has 0 N–H and O–H groups in total. The lowest BCUT2D eigenvalue weighted by Crippen LogP contribution is -2.32. The number of rotatable bonds is 7. The highest BCUT2D eigenvalue weighted by molar-refractivity contribution is 7.89. The van der Waals surface area contributed by atoms with Crippen LogP contribution in [0.5, 0.6) is 0 Å². The van der Waals surface area contributed by atoms with Gasteiger partial charge >= 0.3 is 5.97 Å². The Balaban J connectivity index is 1.69. The zero-order valence-electron chi connectivity index (χ0n) is 22.5. The van der Waals surface area contributed by atoms with E-state index >= 15 is 0 Å². The van der Waals surface area contributed by atoms with Gasteiger partial charge in [0.1, 0.15) is 0 Å². The molecule has 0 aromatic heterocycles. The average molecular weight is 550 g/mol. The number of carbonyl (C=O) groups excluding carboxylic acids is 1. The van der Waals surface area contributed by atoms with Crippen LogP contribution >= 0.6 is 0 Å². The maximum absolute atomic E-state index is 14.3. The van der Waals surface area contributed by atoms with E-state index in [1.54, 1.807) is 43.3 Å². The van der Waals surface area contributed by atoms with Gasteiger partial charge in [-0.3, -0.25) is 4.31 Å². The van der Waals surface area contributed by atoms with Gasteiger partial charge in [-0.25, -0.2) is 13.2 Å². The number of ether oxygens (including phenoxy) is 1. The molecule has 1 aliphatic heterocycles. The molecular formula is C34H31NO4S. The summed E-state index contributed by atoms with van der Waals surface area (Å²) in [6.07, 6.45) is 4.08. The molecule has 0 radical (unpaired) electrons. The van der Waals surface area contributed by atoms with Gasteiger partial charge in [-0.05, 0) is 66.5 Å². The first kappa shape index (κ1) is 27.2. The Labute approximate surface area is 236 Å². The minimum atomic E-state index is -3.94. The van der Waals surface area contributed by atoms with Crippen LogP contribution in [0.15, 0.2) is 126 Å². The van der Waals surface area contributed by atoms with Crippen LogP contribution in [0.4, 0.5) is 0 Å². The predicted molar refractivity (Wildman–Crippen MR) is 159 cm³/mol. The van der Waals surface area contributed by atoms with Crippen molar-refractivity contribution in [1.82, 2.24) is 4.31 Å². The topological polar surface area (TPSA) is 63.7 Å². The number of nitrogens with zero attached hydrogens (tertiary/aromatic N) is 1. The van der Waals surface area contributed by atoms with Crippen molar-refractivity contribution in [1.29, 1.82) is 0 Å². The van der Waals surface area contributed by atoms with Crippen LogP contribution in [0.1, 0.15) is 45.5 Å². The van der Waals surface area contributed by atoms with Gasteiger partial charge in [-0.2, -0.15) is 0 Å². The fourth-order valence-corrected chi connectivity index (χ4v) is 6.32. The smallest absolute Gasteiger partial charge is 0.338 e. The van der Waals surface area contributed by atoms with Crippen molar-refractivity contribution in [3.05, 3.63) is 149 Å². The van der Waals surface area contributed by atoms with Gasteiger partial charge in [-0.1, -0.05) is 96.6 Å². The minimum absolute atomic E-state index is 0.204. The highest BCUT2D eigenvalue weighted by Crippen LogP contribution is 2.37. The summed E-state index contributed by atoms with van der Waals surface area (Å²) < 4.78 is 35.3. The van der Waals surface area contributed by atoms with Crippen molar-refractivity contribution in [2.45, 2.75) is 24.7 Å². The van der Waals surface area contributed by atoms with Crippen molar-refractivity contribution < 1.29 is 17.9 Å². The van der Waals surface area contributed by atoms with E-state index < -0.39 is 16.0 Å². The van der Waals surface area contributed by atoms with Crippen molar-refractivity contribution in [3.8, 4) is 0 Å². The second kappa shape index (κ2) is 11.8. The summed E-state index contributed by atoms with van der Waals surface area (Å²) in [6, 6.07) is 33.7. The van der Waals surface area contributed by atoms with Gasteiger partial charge in [0.15, 0.2) is 0 Å². The van der Waals surface area contributed by atoms with Crippen LogP contribution in [-0.2, 0) is 14.8 Å². The molecule has 1 aliphatic rings. The fraction of sp³-hybridized carbons (Fsp3) is 0.147. The standard InChI is InChI=1S/C34H31NO4S/c1-3-39-34(36)29-18-16-28(17-19-29)33-23-30(26-10-6-4-7-11-26)22-31(27-12-8-5-9-13-27)24-35(33)40(37,38)32-20-14-25(2)15-21-32/h4-23,31H,3,24H2,1-2H3. The number of hydrogen-bond donors (Lipinski definition) is 0. The molecule has 4 aromatic rings. The molecule has 0 aliphatic carbocycles. The molecule has 4 aromatic carbocycles. The number of benzene rings is 4. The van der Waals surface area contributed by atoms with E-state index in [1.165, 1.54) is 4.31 Å². The minimum Gasteiger partial charge on any atom is -0.462 e. The number of carbonyl (C=O) groups is 1. The normalized spacial score (nSPS) is 15.6. The summed E-state index contributed by atoms with van der Waals surface area (Å²) >= 11 is 0. The molecule has 1 unspecified atom stereocenters. The Morgan fingerprint density at radius 2 is 1.45 bits per heavy atom. The molecule has 0 bridgehead atoms. The molecule has 0 spiro atoms. The van der Waals surface area contributed by atoms with Crippen molar-refractivity contribution in [2.75, 3.05) is 13.2 Å². The van der Waals surface area contributed by atoms with Crippen LogP contribution in [0.3, 0.4) is 0 Å². The van der Waals surface area contributed by atoms with E-state index in [0.717, 1.165) is 22.3 Å². The van der Waals surface area contributed by atoms with E-state index in [-0.39, 0.29) is 24.0 Å². The zero-order valence-corrected chi connectivity index (χ0v) is 23.3. The van der Waals surface area contributed by atoms with Gasteiger partial charge in [-0.15, -0.1) is 0 Å². The molecule has 0 saturated heterocycles. The first-order chi connectivity index (χ1) is 19.4. The van der Waals surface area contributed by atoms with Crippen molar-refractivity contribution in [2.24, 2.45) is 0 Å². The molecule has 6 heteroatoms. The molecule has 0 saturated carbocycles. The van der Waals surface area contributed by atoms with Crippen LogP contribution in [0.2, 0.25) is 0 Å². The van der Waals surface area contributed by atoms with E-state index in [2.05, 4.69) is 6.08 Å². The Hall–Kier alpha value is -4.42. The largest absolute Gasteiger partial charge is 0.462 e. The second-order valence-corrected chi connectivity index (χ2v) is 11.5. The summed E-state index contributed by atoms with van der Waals surface area (Å²) in [5.74, 6) is -0.619. The van der Waals surface area contributed by atoms with E-state index in [1.807, 2.05) is 85.8 Å². The third-order valence-electron chi connectivity index (χ3n) is 6.94. The summed E-state index contributed by atoms with van der Waals surface area (Å²) in [4.78, 5) is 12.5. The number of hydrogen-bond acceptors (Lipinski definition) is 4. The van der Waals surface area contributed by atoms with Crippen molar-refractivity contribution in [3.63, 3.8) is 0 Å². The van der Waals surface area contributed by atoms with Crippen LogP contribution in [0, 0.1) is 6.92 Å². The monoisotopic (exact) mass is 549 g/mol. The van der Waals surface area contributed by atoms with Crippen LogP contribution in [-0.4, -0.2) is 31.8 Å². The zero-order chi connectivity index (χ0) is 28.1. The summed E-state index contributed by atoms with van der Waals surface area (Å²) in [6.45, 7) is 4.18. The van der Waals surface area contributed by atoms with Crippen LogP contribution in [0.25, 0.3) is 11.3 Å². The number of allylic oxidation sites excluding steroid dienone is 2. The van der Waals surface area contributed by atoms with Gasteiger partial charge in [0.25, 0.3) is 10.0 Å². The van der Waals surface area contributed by atoms with E-state index in [0.29, 0.717) is 16.8 Å². The molecule has 1 heterocycles. The molecule has 0 fully saturated rings. The molecule has 40 heavy (non-hydrogen) atoms. The quantitative estimate of drug-likeness (QED) is 0.231. The Bertz CT molecular complexity index is 1640. The highest BCUT2D eigenvalue weighted by Gasteiger charge is 2.32. The molecular weight excluding hydrogens is 518 g/mol. The Morgan fingerprint density at radius 3 is 2.08 bits per heavy atom. The lowest BCUT2D eigenvalue weighted by Gasteiger charge is -2.29. The molecule has 1 atom stereocenters. The summed E-state index contributed by atoms with van der Waals surface area (Å²) in [5, 5.41) is 0. The third-order valence-corrected chi connectivity index (χ3v) is 8.73. The first-order valence-electron chi connectivity index (χ1n) is 13.3. The van der Waals surface area contributed by atoms with Gasteiger partial charge in [0.05, 0.1) is 22.8 Å². The van der Waals surface area contributed by atoms with E-state index in [9.17, 15) is 13.2 Å². The lowest BCUT2D eigenvalue weighted by atomic mass is 9.94. The maximum Gasteiger partial charge on any atom is 0.338 e. The summed E-state index contributed by atoms with van der Waals surface area (Å²) in [7, 11) is -3.94. The Kier molecular flexibility index (Phi) is 7.99. The van der Waals surface area contributed by atoms with Crippen molar-refractivity contribution >= 4 is 27.3 Å². The fourth-order valence-electron chi connectivity index (χ4n) is 4.81. The maximum atomic E-state index is 14.3. The molecule has 5 nitrogen and oxygen atoms in total. The SMILES string of the molecule is CCOC(=O)c1ccc(C2=CC(c3ccccc3)=CC(c3ccccc3)CN2S(=O)(=O)c2ccc(C)cc2)cc1. The van der Waals surface area contributed by atoms with E-state index in [4.69, 9.17) is 4.74 Å². The number of esters is 1. The average Bonchev–Trinajstić information content (AvgIpc) is 3.20. The van der Waals surface area contributed by atoms with Gasteiger partial charge in [0.2, 0.25) is 0 Å². The Morgan fingerprint density at radius 1 is 0.825 bits per heavy atom. The van der Waals surface area contributed by atoms with Crippen LogP contribution < -0.4 is 0 Å². The molecule has 202 valence electrons. The highest BCUT2D eigenvalue weighted by atomic mass is 32.2. The molecule has 0 amide bonds. The first-order valence-corrected chi connectivity index (χ1v) is 14.7. The summed E-state index contributed by atoms with van der Waals surface area (Å²) in [5.41, 5.74) is 5.53.